The molecule has 24 heavy (non-hydrogen) atoms. The average Bonchev–Trinajstić information content (AvgIpc) is 2.48. The molecule has 6 nitrogen and oxygen atoms in total. The zero-order valence-corrected chi connectivity index (χ0v) is 14.3. The van der Waals surface area contributed by atoms with Crippen molar-refractivity contribution in [3.63, 3.8) is 0 Å². The van der Waals surface area contributed by atoms with Gasteiger partial charge in [-0.1, -0.05) is 11.6 Å². The maximum absolute atomic E-state index is 13.7. The van der Waals surface area contributed by atoms with Crippen LogP contribution in [0, 0.1) is 5.82 Å². The molecule has 0 aromatic heterocycles. The Morgan fingerprint density at radius 1 is 1.21 bits per heavy atom. The third-order valence-corrected chi connectivity index (χ3v) is 3.75. The van der Waals surface area contributed by atoms with Crippen LogP contribution in [0.25, 0.3) is 0 Å². The van der Waals surface area contributed by atoms with Crippen molar-refractivity contribution >= 4 is 38.9 Å². The average molecular weight is 373 g/mol. The molecule has 0 aliphatic carbocycles. The zero-order chi connectivity index (χ0) is 17.9. The van der Waals surface area contributed by atoms with Gasteiger partial charge in [0.05, 0.1) is 24.6 Å². The van der Waals surface area contributed by atoms with E-state index in [1.54, 1.807) is 0 Å². The number of nitrogens with one attached hydrogen (secondary N) is 2. The minimum Gasteiger partial charge on any atom is -0.495 e. The maximum atomic E-state index is 13.7. The molecule has 128 valence electrons. The minimum absolute atomic E-state index is 0.143. The molecule has 0 aliphatic heterocycles. The summed E-state index contributed by atoms with van der Waals surface area (Å²) in [5, 5.41) is 2.69. The van der Waals surface area contributed by atoms with Gasteiger partial charge in [-0.15, -0.1) is 0 Å². The van der Waals surface area contributed by atoms with Gasteiger partial charge < -0.3 is 10.1 Å². The fraction of sp³-hybridized carbons (Fsp3) is 0.133. The summed E-state index contributed by atoms with van der Waals surface area (Å²) in [6.07, 6.45) is 0.985. The lowest BCUT2D eigenvalue weighted by atomic mass is 10.2. The molecule has 2 N–H and O–H groups in total. The normalized spacial score (nSPS) is 11.0. The highest BCUT2D eigenvalue weighted by atomic mass is 35.5. The molecule has 0 fully saturated rings. The van der Waals surface area contributed by atoms with Gasteiger partial charge in [-0.3, -0.25) is 9.52 Å². The first-order chi connectivity index (χ1) is 11.2. The van der Waals surface area contributed by atoms with Crippen LogP contribution < -0.4 is 14.8 Å². The second kappa shape index (κ2) is 7.06. The van der Waals surface area contributed by atoms with Crippen LogP contribution in [0.1, 0.15) is 10.4 Å². The zero-order valence-electron chi connectivity index (χ0n) is 12.8. The van der Waals surface area contributed by atoms with Gasteiger partial charge in [-0.25, -0.2) is 12.8 Å². The number of ether oxygens (including phenoxy) is 1. The van der Waals surface area contributed by atoms with Crippen molar-refractivity contribution in [2.45, 2.75) is 0 Å². The molecule has 9 heteroatoms. The summed E-state index contributed by atoms with van der Waals surface area (Å²) in [6, 6.07) is 7.94. The van der Waals surface area contributed by atoms with Gasteiger partial charge in [-0.2, -0.15) is 0 Å². The molecule has 0 unspecified atom stereocenters. The number of hydrogen-bond donors (Lipinski definition) is 2. The number of anilines is 2. The smallest absolute Gasteiger partial charge is 0.258 e. The van der Waals surface area contributed by atoms with Crippen LogP contribution in [0.4, 0.5) is 15.8 Å². The van der Waals surface area contributed by atoms with Crippen molar-refractivity contribution in [3.8, 4) is 5.75 Å². The molecule has 2 aromatic carbocycles. The van der Waals surface area contributed by atoms with Crippen molar-refractivity contribution in [1.82, 2.24) is 0 Å². The van der Waals surface area contributed by atoms with Gasteiger partial charge >= 0.3 is 0 Å². The lowest BCUT2D eigenvalue weighted by Crippen LogP contribution is -2.15. The molecule has 0 aliphatic rings. The van der Waals surface area contributed by atoms with Crippen molar-refractivity contribution in [1.29, 1.82) is 0 Å². The molecule has 0 radical (unpaired) electrons. The third kappa shape index (κ3) is 4.59. The number of carbonyl (C=O) groups excluding carboxylic acids is 1. The summed E-state index contributed by atoms with van der Waals surface area (Å²) in [7, 11) is -2.16. The predicted octanol–water partition coefficient (Wildman–Crippen LogP) is 3.11. The first-order valence-corrected chi connectivity index (χ1v) is 8.89. The van der Waals surface area contributed by atoms with Crippen molar-refractivity contribution in [2.24, 2.45) is 0 Å². The standard InChI is InChI=1S/C15H14ClFN2O4S/c1-23-14-6-4-10(8-13(14)19-24(2,21)22)18-15(20)11-7-9(16)3-5-12(11)17/h3-8,19H,1-2H3,(H,18,20). The second-order valence-corrected chi connectivity index (χ2v) is 7.05. The predicted molar refractivity (Wildman–Crippen MR) is 90.8 cm³/mol. The second-order valence-electron chi connectivity index (χ2n) is 4.87. The Morgan fingerprint density at radius 2 is 1.92 bits per heavy atom. The molecule has 0 saturated carbocycles. The molecule has 0 saturated heterocycles. The summed E-state index contributed by atoms with van der Waals surface area (Å²) in [4.78, 5) is 12.2. The molecule has 0 heterocycles. The quantitative estimate of drug-likeness (QED) is 0.844. The van der Waals surface area contributed by atoms with Crippen LogP contribution in [0.5, 0.6) is 5.75 Å². The first kappa shape index (κ1) is 18.0. The van der Waals surface area contributed by atoms with Crippen LogP contribution in [-0.2, 0) is 10.0 Å². The van der Waals surface area contributed by atoms with E-state index in [4.69, 9.17) is 16.3 Å². The van der Waals surface area contributed by atoms with Crippen LogP contribution in [0.15, 0.2) is 36.4 Å². The van der Waals surface area contributed by atoms with E-state index in [1.807, 2.05) is 0 Å². The van der Waals surface area contributed by atoms with E-state index in [-0.39, 0.29) is 27.7 Å². The minimum atomic E-state index is -3.54. The van der Waals surface area contributed by atoms with Crippen LogP contribution >= 0.6 is 11.6 Å². The molecular weight excluding hydrogens is 359 g/mol. The van der Waals surface area contributed by atoms with E-state index in [0.717, 1.165) is 12.3 Å². The van der Waals surface area contributed by atoms with E-state index in [0.29, 0.717) is 0 Å². The molecule has 2 rings (SSSR count). The van der Waals surface area contributed by atoms with Crippen LogP contribution in [0.3, 0.4) is 0 Å². The molecule has 0 spiro atoms. The summed E-state index contributed by atoms with van der Waals surface area (Å²) in [5.41, 5.74) is 0.173. The molecular formula is C15H14ClFN2O4S. The monoisotopic (exact) mass is 372 g/mol. The number of hydrogen-bond acceptors (Lipinski definition) is 4. The van der Waals surface area contributed by atoms with Crippen LogP contribution in [0.2, 0.25) is 5.02 Å². The lowest BCUT2D eigenvalue weighted by molar-refractivity contribution is 0.102. The Morgan fingerprint density at radius 3 is 2.54 bits per heavy atom. The molecule has 0 atom stereocenters. The molecule has 2 aromatic rings. The van der Waals surface area contributed by atoms with E-state index < -0.39 is 21.7 Å². The summed E-state index contributed by atoms with van der Waals surface area (Å²) in [6.45, 7) is 0. The third-order valence-electron chi connectivity index (χ3n) is 2.93. The SMILES string of the molecule is COc1ccc(NC(=O)c2cc(Cl)ccc2F)cc1NS(C)(=O)=O. The van der Waals surface area contributed by atoms with E-state index >= 15 is 0 Å². The lowest BCUT2D eigenvalue weighted by Gasteiger charge is -2.12. The van der Waals surface area contributed by atoms with E-state index in [9.17, 15) is 17.6 Å². The molecule has 0 bridgehead atoms. The van der Waals surface area contributed by atoms with Gasteiger partial charge in [0.15, 0.2) is 0 Å². The van der Waals surface area contributed by atoms with E-state index in [1.165, 1.54) is 37.4 Å². The van der Waals surface area contributed by atoms with Gasteiger partial charge in [0, 0.05) is 10.7 Å². The highest BCUT2D eigenvalue weighted by molar-refractivity contribution is 7.92. The number of carbonyl (C=O) groups is 1. The Bertz CT molecular complexity index is 887. The van der Waals surface area contributed by atoms with Crippen molar-refractivity contribution in [2.75, 3.05) is 23.4 Å². The van der Waals surface area contributed by atoms with Gasteiger partial charge in [0.1, 0.15) is 11.6 Å². The number of sulfonamides is 1. The van der Waals surface area contributed by atoms with E-state index in [2.05, 4.69) is 10.0 Å². The topological polar surface area (TPSA) is 84.5 Å². The summed E-state index contributed by atoms with van der Waals surface area (Å²) < 4.78 is 43.8. The number of benzene rings is 2. The fourth-order valence-corrected chi connectivity index (χ4v) is 2.67. The number of rotatable bonds is 5. The fourth-order valence-electron chi connectivity index (χ4n) is 1.94. The highest BCUT2D eigenvalue weighted by Crippen LogP contribution is 2.29. The Kier molecular flexibility index (Phi) is 5.30. The summed E-state index contributed by atoms with van der Waals surface area (Å²) in [5.74, 6) is -1.17. The largest absolute Gasteiger partial charge is 0.495 e. The van der Waals surface area contributed by atoms with Gasteiger partial charge in [-0.05, 0) is 36.4 Å². The number of methoxy groups -OCH3 is 1. The van der Waals surface area contributed by atoms with Gasteiger partial charge in [0.25, 0.3) is 5.91 Å². The Balaban J connectivity index is 2.31. The Hall–Kier alpha value is -2.32. The number of amides is 1. The Labute approximate surface area is 143 Å². The maximum Gasteiger partial charge on any atom is 0.258 e. The van der Waals surface area contributed by atoms with Crippen LogP contribution in [-0.4, -0.2) is 27.7 Å². The van der Waals surface area contributed by atoms with Crippen molar-refractivity contribution in [3.05, 3.63) is 52.8 Å². The van der Waals surface area contributed by atoms with Gasteiger partial charge in [0.2, 0.25) is 10.0 Å². The summed E-state index contributed by atoms with van der Waals surface area (Å²) >= 11 is 5.76. The molecule has 1 amide bonds. The highest BCUT2D eigenvalue weighted by Gasteiger charge is 2.14. The number of halogens is 2. The first-order valence-electron chi connectivity index (χ1n) is 6.62. The van der Waals surface area contributed by atoms with Crippen molar-refractivity contribution < 1.29 is 22.3 Å².